The Balaban J connectivity index is 1.97. The molecule has 7 nitrogen and oxygen atoms in total. The lowest BCUT2D eigenvalue weighted by atomic mass is 10.1. The summed E-state index contributed by atoms with van der Waals surface area (Å²) >= 11 is 0. The van der Waals surface area contributed by atoms with Crippen LogP contribution in [0.15, 0.2) is 54.6 Å². The van der Waals surface area contributed by atoms with E-state index in [4.69, 9.17) is 4.74 Å². The molecule has 2 aromatic rings. The lowest BCUT2D eigenvalue weighted by molar-refractivity contribution is -0.142. The van der Waals surface area contributed by atoms with E-state index in [0.717, 1.165) is 5.56 Å². The highest BCUT2D eigenvalue weighted by molar-refractivity contribution is 5.85. The van der Waals surface area contributed by atoms with Crippen molar-refractivity contribution in [2.45, 2.75) is 25.9 Å². The first-order valence-corrected chi connectivity index (χ1v) is 8.86. The number of nitrogens with zero attached hydrogens (tertiary/aromatic N) is 1. The van der Waals surface area contributed by atoms with Gasteiger partial charge in [-0.05, 0) is 23.3 Å². The van der Waals surface area contributed by atoms with E-state index >= 15 is 0 Å². The number of carbonyl (C=O) groups excluding carboxylic acids is 2. The van der Waals surface area contributed by atoms with Gasteiger partial charge < -0.3 is 20.1 Å². The highest BCUT2D eigenvalue weighted by Gasteiger charge is 2.22. The largest absolute Gasteiger partial charge is 0.497 e. The molecule has 0 spiro atoms. The zero-order chi connectivity index (χ0) is 20.5. The molecule has 0 bridgehead atoms. The predicted molar refractivity (Wildman–Crippen MR) is 104 cm³/mol. The first-order chi connectivity index (χ1) is 13.4. The lowest BCUT2D eigenvalue weighted by Gasteiger charge is -2.22. The maximum Gasteiger partial charge on any atom is 0.330 e. The molecule has 0 saturated carbocycles. The van der Waals surface area contributed by atoms with Crippen LogP contribution >= 0.6 is 0 Å². The van der Waals surface area contributed by atoms with E-state index in [2.05, 4.69) is 5.32 Å². The number of benzene rings is 2. The third kappa shape index (κ3) is 6.12. The van der Waals surface area contributed by atoms with Crippen LogP contribution in [0.25, 0.3) is 0 Å². The summed E-state index contributed by atoms with van der Waals surface area (Å²) in [5.41, 5.74) is 1.40. The van der Waals surface area contributed by atoms with Crippen LogP contribution < -0.4 is 10.1 Å². The SMILES string of the molecule is COc1ccc(C(NC(=O)CCN(Cc2ccccc2)C(C)=O)C(=O)O)cc1. The van der Waals surface area contributed by atoms with Gasteiger partial charge in [0.05, 0.1) is 7.11 Å². The molecule has 0 fully saturated rings. The topological polar surface area (TPSA) is 95.9 Å². The quantitative estimate of drug-likeness (QED) is 0.692. The third-order valence-electron chi connectivity index (χ3n) is 4.27. The number of carbonyl (C=O) groups is 3. The summed E-state index contributed by atoms with van der Waals surface area (Å²) in [7, 11) is 1.52. The molecule has 1 unspecified atom stereocenters. The van der Waals surface area contributed by atoms with Crippen molar-refractivity contribution in [1.29, 1.82) is 0 Å². The van der Waals surface area contributed by atoms with Crippen molar-refractivity contribution in [2.24, 2.45) is 0 Å². The molecule has 0 heterocycles. The van der Waals surface area contributed by atoms with Crippen LogP contribution in [0.4, 0.5) is 0 Å². The fourth-order valence-corrected chi connectivity index (χ4v) is 2.71. The van der Waals surface area contributed by atoms with Crippen LogP contribution in [0.1, 0.15) is 30.5 Å². The number of carboxylic acid groups (broad SMARTS) is 1. The molecule has 7 heteroatoms. The van der Waals surface area contributed by atoms with E-state index in [9.17, 15) is 19.5 Å². The average molecular weight is 384 g/mol. The molecule has 0 aliphatic carbocycles. The smallest absolute Gasteiger partial charge is 0.330 e. The predicted octanol–water partition coefficient (Wildman–Crippen LogP) is 2.38. The lowest BCUT2D eigenvalue weighted by Crippen LogP contribution is -2.37. The molecule has 0 aliphatic heterocycles. The molecule has 2 aromatic carbocycles. The van der Waals surface area contributed by atoms with Gasteiger partial charge >= 0.3 is 5.97 Å². The summed E-state index contributed by atoms with van der Waals surface area (Å²) in [5.74, 6) is -1.16. The Hall–Kier alpha value is -3.35. The minimum atomic E-state index is -1.17. The maximum absolute atomic E-state index is 12.3. The van der Waals surface area contributed by atoms with Crippen molar-refractivity contribution < 1.29 is 24.2 Å². The summed E-state index contributed by atoms with van der Waals surface area (Å²) in [4.78, 5) is 37.3. The fourth-order valence-electron chi connectivity index (χ4n) is 2.71. The molecule has 0 radical (unpaired) electrons. The molecular weight excluding hydrogens is 360 g/mol. The van der Waals surface area contributed by atoms with E-state index in [1.807, 2.05) is 30.3 Å². The standard InChI is InChI=1S/C21H24N2O5/c1-15(24)23(14-16-6-4-3-5-7-16)13-12-19(25)22-20(21(26)27)17-8-10-18(28-2)11-9-17/h3-11,20H,12-14H2,1-2H3,(H,22,25)(H,26,27). The molecule has 2 amide bonds. The Bertz CT molecular complexity index is 805. The van der Waals surface area contributed by atoms with Gasteiger partial charge in [-0.3, -0.25) is 9.59 Å². The normalized spacial score (nSPS) is 11.4. The second-order valence-electron chi connectivity index (χ2n) is 6.29. The van der Waals surface area contributed by atoms with E-state index in [-0.39, 0.29) is 18.9 Å². The molecule has 1 atom stereocenters. The number of carboxylic acids is 1. The van der Waals surface area contributed by atoms with Crippen molar-refractivity contribution >= 4 is 17.8 Å². The van der Waals surface area contributed by atoms with Gasteiger partial charge in [0.1, 0.15) is 5.75 Å². The van der Waals surface area contributed by atoms with E-state index < -0.39 is 17.9 Å². The highest BCUT2D eigenvalue weighted by atomic mass is 16.5. The number of aliphatic carboxylic acids is 1. The van der Waals surface area contributed by atoms with E-state index in [1.165, 1.54) is 14.0 Å². The van der Waals surface area contributed by atoms with Crippen molar-refractivity contribution in [3.63, 3.8) is 0 Å². The van der Waals surface area contributed by atoms with Crippen LogP contribution in [0, 0.1) is 0 Å². The first-order valence-electron chi connectivity index (χ1n) is 8.86. The number of methoxy groups -OCH3 is 1. The number of ether oxygens (including phenoxy) is 1. The average Bonchev–Trinajstić information content (AvgIpc) is 2.69. The zero-order valence-electron chi connectivity index (χ0n) is 15.9. The second kappa shape index (κ2) is 10.1. The van der Waals surface area contributed by atoms with Gasteiger partial charge in [-0.2, -0.15) is 0 Å². The number of hydrogen-bond donors (Lipinski definition) is 2. The van der Waals surface area contributed by atoms with Gasteiger partial charge in [-0.1, -0.05) is 42.5 Å². The van der Waals surface area contributed by atoms with Crippen molar-refractivity contribution in [3.05, 3.63) is 65.7 Å². The summed E-state index contributed by atoms with van der Waals surface area (Å²) in [5, 5.41) is 12.0. The highest BCUT2D eigenvalue weighted by Crippen LogP contribution is 2.18. The molecule has 0 saturated heterocycles. The molecule has 0 aliphatic rings. The van der Waals surface area contributed by atoms with Crippen molar-refractivity contribution in [2.75, 3.05) is 13.7 Å². The third-order valence-corrected chi connectivity index (χ3v) is 4.27. The van der Waals surface area contributed by atoms with Crippen molar-refractivity contribution in [3.8, 4) is 5.75 Å². The summed E-state index contributed by atoms with van der Waals surface area (Å²) in [6.45, 7) is 2.04. The zero-order valence-corrected chi connectivity index (χ0v) is 15.9. The Morgan fingerprint density at radius 1 is 1.07 bits per heavy atom. The van der Waals surface area contributed by atoms with Gasteiger partial charge in [0, 0.05) is 26.4 Å². The van der Waals surface area contributed by atoms with Crippen LogP contribution in [0.2, 0.25) is 0 Å². The summed E-state index contributed by atoms with van der Waals surface area (Å²) < 4.78 is 5.05. The van der Waals surface area contributed by atoms with Gasteiger partial charge in [0.25, 0.3) is 0 Å². The number of hydrogen-bond acceptors (Lipinski definition) is 4. The number of rotatable bonds is 9. The van der Waals surface area contributed by atoms with Gasteiger partial charge in [-0.25, -0.2) is 4.79 Å². The van der Waals surface area contributed by atoms with Crippen LogP contribution in [0.3, 0.4) is 0 Å². The fraction of sp³-hybridized carbons (Fsp3) is 0.286. The van der Waals surface area contributed by atoms with Gasteiger partial charge in [0.2, 0.25) is 11.8 Å². The van der Waals surface area contributed by atoms with Gasteiger partial charge in [-0.15, -0.1) is 0 Å². The maximum atomic E-state index is 12.3. The molecule has 28 heavy (non-hydrogen) atoms. The number of amides is 2. The Morgan fingerprint density at radius 3 is 2.25 bits per heavy atom. The molecule has 0 aromatic heterocycles. The second-order valence-corrected chi connectivity index (χ2v) is 6.29. The Morgan fingerprint density at radius 2 is 1.71 bits per heavy atom. The molecule has 148 valence electrons. The van der Waals surface area contributed by atoms with Crippen LogP contribution in [0.5, 0.6) is 5.75 Å². The van der Waals surface area contributed by atoms with Crippen molar-refractivity contribution in [1.82, 2.24) is 10.2 Å². The van der Waals surface area contributed by atoms with Crippen LogP contribution in [-0.4, -0.2) is 41.4 Å². The van der Waals surface area contributed by atoms with Gasteiger partial charge in [0.15, 0.2) is 6.04 Å². The Kier molecular flexibility index (Phi) is 7.56. The van der Waals surface area contributed by atoms with E-state index in [0.29, 0.717) is 17.9 Å². The number of nitrogens with one attached hydrogen (secondary N) is 1. The molecule has 2 N–H and O–H groups in total. The first kappa shape index (κ1) is 21.0. The van der Waals surface area contributed by atoms with Crippen LogP contribution in [-0.2, 0) is 20.9 Å². The summed E-state index contributed by atoms with van der Waals surface area (Å²) in [6.07, 6.45) is 0.00630. The monoisotopic (exact) mass is 384 g/mol. The van der Waals surface area contributed by atoms with E-state index in [1.54, 1.807) is 29.2 Å². The minimum Gasteiger partial charge on any atom is -0.497 e. The summed E-state index contributed by atoms with van der Waals surface area (Å²) in [6, 6.07) is 14.7. The molecule has 2 rings (SSSR count). The molecular formula is C21H24N2O5. The Labute approximate surface area is 163 Å². The minimum absolute atomic E-state index is 0.00630.